The number of aliphatic hydroxyl groups is 4. The van der Waals surface area contributed by atoms with Crippen molar-refractivity contribution in [3.8, 4) is 0 Å². The van der Waals surface area contributed by atoms with Crippen molar-refractivity contribution in [3.63, 3.8) is 0 Å². The van der Waals surface area contributed by atoms with Gasteiger partial charge in [0.1, 0.15) is 36.0 Å². The normalized spacial score (nSPS) is 38.1. The molecule has 2 aromatic rings. The molecule has 0 unspecified atom stereocenters. The molecule has 0 radical (unpaired) electrons. The smallest absolute Gasteiger partial charge is 0.311 e. The van der Waals surface area contributed by atoms with Crippen LogP contribution in [0.2, 0.25) is 0 Å². The van der Waals surface area contributed by atoms with Gasteiger partial charge in [0.15, 0.2) is 24.2 Å². The van der Waals surface area contributed by atoms with Gasteiger partial charge in [-0.2, -0.15) is 0 Å². The van der Waals surface area contributed by atoms with Crippen molar-refractivity contribution in [2.24, 2.45) is 23.7 Å². The standard InChI is InChI=1S/C53H84N4O16/c1-14-38-53(10,65)45(61)31(4)42(59)29(2)26-52(9,67-13)47(32(5)44(33(6)49(64)71-38)72-41-27-51(8,66-12)46(62)34(7)70-41)73-50-43(60)37(25-30(3)69-50)57(11)24-18-23-54-39(58)21-22-40-56-36(28-68-40)48(63)55-35-19-16-15-17-20-35/h15-17,19-20,28-34,37-38,41,43-47,50,60-62,65H,14,18,21-27H2,1-13H3,(H,54,58)(H,55,63)/t29-,30-,31+,32+,33-,34+,37+,38-,41+,43-,44+,45-,46+,47-,50-,51-,52-,53-/m1/s1. The van der Waals surface area contributed by atoms with Gasteiger partial charge < -0.3 is 73.5 Å². The van der Waals surface area contributed by atoms with Gasteiger partial charge in [0.2, 0.25) is 5.91 Å². The first-order chi connectivity index (χ1) is 34.3. The highest BCUT2D eigenvalue weighted by Crippen LogP contribution is 2.42. The highest BCUT2D eigenvalue weighted by molar-refractivity contribution is 6.02. The number of oxazole rings is 1. The molecule has 18 atom stereocenters. The Bertz CT molecular complexity index is 2110. The number of carbonyl (C=O) groups excluding carboxylic acids is 4. The number of amides is 2. The Morgan fingerprint density at radius 3 is 2.22 bits per heavy atom. The SMILES string of the molecule is CC[C@H]1OC(=O)[C@H](C)[C@@H](O[C@H]2C[C@@](C)(OC)[C@@H](O)[C@H](C)O2)[C@H](C)[C@@H](O[C@H]2O[C@H](C)C[C@H](N(C)CCCNC(=O)CCc3nc(C(=O)Nc4ccccc4)co3)[C@H]2O)[C@](C)(OC)C[C@@H](C)C(=O)[C@H](C)[C@@H](O)[C@]1(C)O. The number of rotatable bonds is 17. The summed E-state index contributed by atoms with van der Waals surface area (Å²) in [6, 6.07) is 8.49. The van der Waals surface area contributed by atoms with E-state index in [9.17, 15) is 39.6 Å². The van der Waals surface area contributed by atoms with E-state index in [1.165, 1.54) is 34.3 Å². The number of esters is 1. The maximum Gasteiger partial charge on any atom is 0.311 e. The number of cyclic esters (lactones) is 1. The monoisotopic (exact) mass is 1030 g/mol. The van der Waals surface area contributed by atoms with Gasteiger partial charge in [-0.25, -0.2) is 4.98 Å². The van der Waals surface area contributed by atoms with E-state index < -0.39 is 120 Å². The highest BCUT2D eigenvalue weighted by atomic mass is 16.7. The van der Waals surface area contributed by atoms with E-state index >= 15 is 0 Å². The van der Waals surface area contributed by atoms with Gasteiger partial charge in [0, 0.05) is 69.5 Å². The number of Topliss-reactive ketones (excluding diaryl/α,β-unsaturated/α-hetero) is 1. The van der Waals surface area contributed by atoms with Gasteiger partial charge in [-0.15, -0.1) is 0 Å². The van der Waals surface area contributed by atoms with Gasteiger partial charge in [-0.1, -0.05) is 45.9 Å². The summed E-state index contributed by atoms with van der Waals surface area (Å²) < 4.78 is 50.0. The van der Waals surface area contributed by atoms with Crippen LogP contribution in [0.3, 0.4) is 0 Å². The molecule has 20 heteroatoms. The number of hydrogen-bond acceptors (Lipinski definition) is 18. The lowest BCUT2D eigenvalue weighted by Crippen LogP contribution is -2.61. The largest absolute Gasteiger partial charge is 0.459 e. The molecule has 0 bridgehead atoms. The predicted molar refractivity (Wildman–Crippen MR) is 267 cm³/mol. The number of aryl methyl sites for hydroxylation is 1. The second kappa shape index (κ2) is 25.7. The molecule has 2 amide bonds. The minimum atomic E-state index is -2.02. The summed E-state index contributed by atoms with van der Waals surface area (Å²) in [7, 11) is 4.84. The second-order valence-electron chi connectivity index (χ2n) is 21.3. The Hall–Kier alpha value is -3.93. The molecule has 4 heterocycles. The van der Waals surface area contributed by atoms with E-state index in [0.717, 1.165) is 0 Å². The number of benzene rings is 1. The Labute approximate surface area is 430 Å². The van der Waals surface area contributed by atoms with E-state index in [0.29, 0.717) is 31.6 Å². The summed E-state index contributed by atoms with van der Waals surface area (Å²) in [5.74, 6) is -5.23. The van der Waals surface area contributed by atoms with Crippen molar-refractivity contribution in [1.29, 1.82) is 0 Å². The van der Waals surface area contributed by atoms with Crippen LogP contribution in [0.25, 0.3) is 0 Å². The van der Waals surface area contributed by atoms with Crippen molar-refractivity contribution in [1.82, 2.24) is 15.2 Å². The average molecular weight is 1030 g/mol. The van der Waals surface area contributed by atoms with Crippen LogP contribution in [0, 0.1) is 23.7 Å². The third-order valence-electron chi connectivity index (χ3n) is 15.6. The molecule has 6 N–H and O–H groups in total. The fourth-order valence-corrected chi connectivity index (χ4v) is 10.8. The number of ketones is 1. The third-order valence-corrected chi connectivity index (χ3v) is 15.6. The van der Waals surface area contributed by atoms with Gasteiger partial charge >= 0.3 is 5.97 Å². The van der Waals surface area contributed by atoms with Crippen molar-refractivity contribution in [2.45, 2.75) is 198 Å². The summed E-state index contributed by atoms with van der Waals surface area (Å²) >= 11 is 0. The Morgan fingerprint density at radius 1 is 0.904 bits per heavy atom. The molecular weight excluding hydrogens is 949 g/mol. The molecule has 20 nitrogen and oxygen atoms in total. The van der Waals surface area contributed by atoms with E-state index in [1.54, 1.807) is 65.8 Å². The lowest BCUT2D eigenvalue weighted by molar-refractivity contribution is -0.319. The number of ether oxygens (including phenoxy) is 7. The number of aromatic nitrogens is 1. The van der Waals surface area contributed by atoms with Gasteiger partial charge in [-0.05, 0) is 93.0 Å². The zero-order valence-electron chi connectivity index (χ0n) is 45.1. The summed E-state index contributed by atoms with van der Waals surface area (Å²) in [5.41, 5.74) is -3.73. The van der Waals surface area contributed by atoms with Crippen LogP contribution < -0.4 is 10.6 Å². The van der Waals surface area contributed by atoms with Crippen LogP contribution in [0.15, 0.2) is 41.0 Å². The topological polar surface area (TPSA) is 267 Å². The molecule has 3 saturated heterocycles. The number of para-hydroxylation sites is 1. The summed E-state index contributed by atoms with van der Waals surface area (Å²) in [4.78, 5) is 60.3. The van der Waals surface area contributed by atoms with Gasteiger partial charge in [0.05, 0.1) is 47.6 Å². The lowest BCUT2D eigenvalue weighted by Gasteiger charge is -2.50. The molecule has 1 aromatic heterocycles. The minimum absolute atomic E-state index is 0.0442. The van der Waals surface area contributed by atoms with Gasteiger partial charge in [-0.3, -0.25) is 19.2 Å². The van der Waals surface area contributed by atoms with E-state index in [2.05, 4.69) is 15.6 Å². The summed E-state index contributed by atoms with van der Waals surface area (Å²) in [6.45, 7) is 17.7. The lowest BCUT2D eigenvalue weighted by atomic mass is 9.74. The average Bonchev–Trinajstić information content (AvgIpc) is 3.85. The first-order valence-corrected chi connectivity index (χ1v) is 25.8. The zero-order valence-corrected chi connectivity index (χ0v) is 45.1. The molecule has 0 saturated carbocycles. The Morgan fingerprint density at radius 2 is 1.58 bits per heavy atom. The molecule has 73 heavy (non-hydrogen) atoms. The van der Waals surface area contributed by atoms with Crippen LogP contribution in [-0.4, -0.2) is 172 Å². The third kappa shape index (κ3) is 14.5. The Kier molecular flexibility index (Phi) is 21.1. The number of carbonyl (C=O) groups is 4. The maximum atomic E-state index is 14.4. The van der Waals surface area contributed by atoms with Crippen LogP contribution >= 0.6 is 0 Å². The minimum Gasteiger partial charge on any atom is -0.459 e. The van der Waals surface area contributed by atoms with E-state index in [-0.39, 0.29) is 55.4 Å². The molecule has 3 aliphatic rings. The maximum absolute atomic E-state index is 14.4. The number of likely N-dealkylation sites (N-methyl/N-ethyl adjacent to an activating group) is 1. The zero-order chi connectivity index (χ0) is 54.2. The predicted octanol–water partition coefficient (Wildman–Crippen LogP) is 4.19. The van der Waals surface area contributed by atoms with Crippen LogP contribution in [0.1, 0.15) is 124 Å². The van der Waals surface area contributed by atoms with Crippen molar-refractivity contribution in [2.75, 3.05) is 39.7 Å². The number of methoxy groups -OCH3 is 2. The first kappa shape index (κ1) is 59.9. The number of nitrogens with one attached hydrogen (secondary N) is 2. The number of nitrogens with zero attached hydrogens (tertiary/aromatic N) is 2. The number of hydrogen-bond donors (Lipinski definition) is 6. The summed E-state index contributed by atoms with van der Waals surface area (Å²) in [6.07, 6.45) is -7.82. The number of anilines is 1. The second-order valence-corrected chi connectivity index (χ2v) is 21.3. The number of aliphatic hydroxyl groups excluding tert-OH is 3. The molecule has 412 valence electrons. The molecule has 5 rings (SSSR count). The van der Waals surface area contributed by atoms with Gasteiger partial charge in [0.25, 0.3) is 5.91 Å². The molecule has 1 aromatic carbocycles. The molecule has 0 spiro atoms. The van der Waals surface area contributed by atoms with E-state index in [4.69, 9.17) is 37.6 Å². The molecule has 3 aliphatic heterocycles. The van der Waals surface area contributed by atoms with Crippen molar-refractivity contribution < 1.29 is 77.2 Å². The highest BCUT2D eigenvalue weighted by Gasteiger charge is 2.54. The van der Waals surface area contributed by atoms with Crippen molar-refractivity contribution in [3.05, 3.63) is 48.2 Å². The fraction of sp³-hybridized carbons (Fsp3) is 0.755. The van der Waals surface area contributed by atoms with Crippen LogP contribution in [0.4, 0.5) is 5.69 Å². The van der Waals surface area contributed by atoms with E-state index in [1.807, 2.05) is 31.9 Å². The first-order valence-electron chi connectivity index (χ1n) is 25.8. The summed E-state index contributed by atoms with van der Waals surface area (Å²) in [5, 5.41) is 52.3. The van der Waals surface area contributed by atoms with Crippen LogP contribution in [0.5, 0.6) is 0 Å². The molecule has 3 fully saturated rings. The fourth-order valence-electron chi connectivity index (χ4n) is 10.8. The molecule has 0 aliphatic carbocycles. The van der Waals surface area contributed by atoms with Crippen molar-refractivity contribution >= 4 is 29.3 Å². The molecular formula is C53H84N4O16. The quantitative estimate of drug-likeness (QED) is 0.0958. The Balaban J connectivity index is 1.34. The van der Waals surface area contributed by atoms with Crippen LogP contribution in [-0.2, 0) is 54.0 Å².